The van der Waals surface area contributed by atoms with Crippen molar-refractivity contribution in [2.45, 2.75) is 32.8 Å². The average molecular weight is 389 g/mol. The van der Waals surface area contributed by atoms with Crippen LogP contribution in [0.1, 0.15) is 25.8 Å². The average Bonchev–Trinajstić information content (AvgIpc) is 2.66. The van der Waals surface area contributed by atoms with Crippen molar-refractivity contribution < 1.29 is 14.2 Å². The second kappa shape index (κ2) is 10.6. The summed E-state index contributed by atoms with van der Waals surface area (Å²) >= 11 is 5.37. The fourth-order valence-corrected chi connectivity index (χ4v) is 2.78. The van der Waals surface area contributed by atoms with Crippen molar-refractivity contribution in [2.75, 3.05) is 26.1 Å². The number of aryl methyl sites for hydroxylation is 1. The molecule has 5 nitrogen and oxygen atoms in total. The molecule has 146 valence electrons. The van der Waals surface area contributed by atoms with E-state index in [1.165, 1.54) is 5.56 Å². The third-order valence-electron chi connectivity index (χ3n) is 3.88. The molecular weight excluding hydrogens is 360 g/mol. The molecule has 0 unspecified atom stereocenters. The van der Waals surface area contributed by atoms with Crippen molar-refractivity contribution in [1.29, 1.82) is 0 Å². The summed E-state index contributed by atoms with van der Waals surface area (Å²) in [5.74, 6) is 2.33. The third kappa shape index (κ3) is 6.98. The number of benzene rings is 2. The molecule has 2 aromatic carbocycles. The van der Waals surface area contributed by atoms with E-state index in [1.807, 2.05) is 44.2 Å². The molecule has 0 aliphatic rings. The zero-order valence-corrected chi connectivity index (χ0v) is 17.2. The monoisotopic (exact) mass is 388 g/mol. The molecule has 0 atom stereocenters. The van der Waals surface area contributed by atoms with Crippen LogP contribution in [-0.2, 0) is 6.42 Å². The summed E-state index contributed by atoms with van der Waals surface area (Å²) in [5.41, 5.74) is 2.08. The van der Waals surface area contributed by atoms with E-state index in [-0.39, 0.29) is 6.10 Å². The minimum atomic E-state index is 0.192. The van der Waals surface area contributed by atoms with Gasteiger partial charge in [0.2, 0.25) is 0 Å². The highest BCUT2D eigenvalue weighted by atomic mass is 32.1. The predicted molar refractivity (Wildman–Crippen MR) is 114 cm³/mol. The van der Waals surface area contributed by atoms with Gasteiger partial charge in [-0.1, -0.05) is 12.1 Å². The van der Waals surface area contributed by atoms with Crippen molar-refractivity contribution in [2.24, 2.45) is 0 Å². The number of rotatable bonds is 9. The summed E-state index contributed by atoms with van der Waals surface area (Å²) in [6.45, 7) is 4.84. The van der Waals surface area contributed by atoms with Gasteiger partial charge in [-0.3, -0.25) is 0 Å². The smallest absolute Gasteiger partial charge is 0.170 e. The Balaban J connectivity index is 1.75. The molecule has 0 amide bonds. The number of methoxy groups -OCH3 is 2. The first-order valence-corrected chi connectivity index (χ1v) is 9.45. The van der Waals surface area contributed by atoms with Crippen molar-refractivity contribution in [3.63, 3.8) is 0 Å². The molecule has 0 bridgehead atoms. The van der Waals surface area contributed by atoms with E-state index in [4.69, 9.17) is 26.4 Å². The Bertz CT molecular complexity index is 733. The lowest BCUT2D eigenvalue weighted by molar-refractivity contribution is 0.242. The second-order valence-electron chi connectivity index (χ2n) is 6.36. The molecule has 0 aliphatic carbocycles. The molecule has 0 saturated carbocycles. The topological polar surface area (TPSA) is 51.8 Å². The fourth-order valence-electron chi connectivity index (χ4n) is 2.57. The molecule has 27 heavy (non-hydrogen) atoms. The van der Waals surface area contributed by atoms with Crippen LogP contribution in [0.15, 0.2) is 42.5 Å². The van der Waals surface area contributed by atoms with E-state index in [9.17, 15) is 0 Å². The Hall–Kier alpha value is -2.47. The second-order valence-corrected chi connectivity index (χ2v) is 6.77. The molecule has 0 spiro atoms. The quantitative estimate of drug-likeness (QED) is 0.490. The van der Waals surface area contributed by atoms with Crippen LogP contribution in [0.25, 0.3) is 0 Å². The maximum Gasteiger partial charge on any atom is 0.170 e. The molecule has 0 saturated heterocycles. The number of thiocarbonyl (C=S) groups is 1. The van der Waals surface area contributed by atoms with Gasteiger partial charge in [0.25, 0.3) is 0 Å². The van der Waals surface area contributed by atoms with Gasteiger partial charge >= 0.3 is 0 Å². The lowest BCUT2D eigenvalue weighted by atomic mass is 10.1. The highest BCUT2D eigenvalue weighted by Gasteiger charge is 2.06. The Kier molecular flexibility index (Phi) is 8.20. The Morgan fingerprint density at radius 1 is 1.00 bits per heavy atom. The van der Waals surface area contributed by atoms with Crippen molar-refractivity contribution in [3.8, 4) is 17.2 Å². The Morgan fingerprint density at radius 2 is 1.70 bits per heavy atom. The van der Waals surface area contributed by atoms with Gasteiger partial charge in [-0.2, -0.15) is 0 Å². The first-order valence-electron chi connectivity index (χ1n) is 9.04. The van der Waals surface area contributed by atoms with Gasteiger partial charge in [0.1, 0.15) is 17.2 Å². The summed E-state index contributed by atoms with van der Waals surface area (Å²) in [5, 5.41) is 6.96. The van der Waals surface area contributed by atoms with E-state index in [0.29, 0.717) is 10.9 Å². The molecule has 0 aliphatic heterocycles. The molecule has 2 N–H and O–H groups in total. The van der Waals surface area contributed by atoms with Crippen LogP contribution in [0.3, 0.4) is 0 Å². The van der Waals surface area contributed by atoms with E-state index in [1.54, 1.807) is 14.2 Å². The summed E-state index contributed by atoms with van der Waals surface area (Å²) < 4.78 is 16.2. The van der Waals surface area contributed by atoms with Gasteiger partial charge in [0, 0.05) is 12.6 Å². The predicted octanol–water partition coefficient (Wildman–Crippen LogP) is 4.41. The summed E-state index contributed by atoms with van der Waals surface area (Å²) in [6, 6.07) is 13.8. The highest BCUT2D eigenvalue weighted by molar-refractivity contribution is 7.80. The van der Waals surface area contributed by atoms with Gasteiger partial charge in [0.05, 0.1) is 26.0 Å². The van der Waals surface area contributed by atoms with Gasteiger partial charge in [-0.15, -0.1) is 0 Å². The molecule has 0 radical (unpaired) electrons. The highest BCUT2D eigenvalue weighted by Crippen LogP contribution is 2.28. The number of nitrogens with one attached hydrogen (secondary N) is 2. The van der Waals surface area contributed by atoms with Crippen LogP contribution in [0.4, 0.5) is 5.69 Å². The SMILES string of the molecule is COc1ccc(NC(=S)NCCCc2ccc(OC(C)C)cc2)c(OC)c1. The van der Waals surface area contributed by atoms with E-state index in [0.717, 1.165) is 36.6 Å². The van der Waals surface area contributed by atoms with Crippen molar-refractivity contribution in [1.82, 2.24) is 5.32 Å². The maximum atomic E-state index is 5.66. The van der Waals surface area contributed by atoms with Gasteiger partial charge in [-0.25, -0.2) is 0 Å². The van der Waals surface area contributed by atoms with Crippen LogP contribution in [0.2, 0.25) is 0 Å². The van der Waals surface area contributed by atoms with E-state index < -0.39 is 0 Å². The lowest BCUT2D eigenvalue weighted by Crippen LogP contribution is -2.29. The molecular formula is C21H28N2O3S. The largest absolute Gasteiger partial charge is 0.497 e. The van der Waals surface area contributed by atoms with Crippen LogP contribution in [0.5, 0.6) is 17.2 Å². The standard InChI is InChI=1S/C21H28N2O3S/c1-15(2)26-17-9-7-16(8-10-17)6-5-13-22-21(27)23-19-12-11-18(24-3)14-20(19)25-4/h7-12,14-15H,5-6,13H2,1-4H3,(H2,22,23,27). The van der Waals surface area contributed by atoms with Crippen molar-refractivity contribution >= 4 is 23.0 Å². The normalized spacial score (nSPS) is 10.4. The summed E-state index contributed by atoms with van der Waals surface area (Å²) in [6.07, 6.45) is 2.15. The zero-order chi connectivity index (χ0) is 19.6. The van der Waals surface area contributed by atoms with Crippen LogP contribution in [-0.4, -0.2) is 32.0 Å². The first-order chi connectivity index (χ1) is 13.0. The Labute approximate surface area is 167 Å². The molecule has 0 heterocycles. The minimum Gasteiger partial charge on any atom is -0.497 e. The molecule has 0 fully saturated rings. The minimum absolute atomic E-state index is 0.192. The van der Waals surface area contributed by atoms with E-state index in [2.05, 4.69) is 22.8 Å². The molecule has 2 rings (SSSR count). The van der Waals surface area contributed by atoms with Crippen LogP contribution >= 0.6 is 12.2 Å². The van der Waals surface area contributed by atoms with Crippen molar-refractivity contribution in [3.05, 3.63) is 48.0 Å². The van der Waals surface area contributed by atoms with Gasteiger partial charge in [-0.05, 0) is 68.7 Å². The lowest BCUT2D eigenvalue weighted by Gasteiger charge is -2.14. The first kappa shape index (κ1) is 20.8. The number of ether oxygens (including phenoxy) is 3. The molecule has 6 heteroatoms. The fraction of sp³-hybridized carbons (Fsp3) is 0.381. The van der Waals surface area contributed by atoms with Crippen LogP contribution < -0.4 is 24.8 Å². The molecule has 0 aromatic heterocycles. The number of hydrogen-bond donors (Lipinski definition) is 2. The van der Waals surface area contributed by atoms with E-state index >= 15 is 0 Å². The maximum absolute atomic E-state index is 5.66. The number of hydrogen-bond acceptors (Lipinski definition) is 4. The summed E-state index contributed by atoms with van der Waals surface area (Å²) in [7, 11) is 3.24. The van der Waals surface area contributed by atoms with Gasteiger partial charge in [0.15, 0.2) is 5.11 Å². The number of anilines is 1. The Morgan fingerprint density at radius 3 is 2.33 bits per heavy atom. The molecule has 2 aromatic rings. The van der Waals surface area contributed by atoms with Crippen LogP contribution in [0, 0.1) is 0 Å². The van der Waals surface area contributed by atoms with Gasteiger partial charge < -0.3 is 24.8 Å². The summed E-state index contributed by atoms with van der Waals surface area (Å²) in [4.78, 5) is 0. The zero-order valence-electron chi connectivity index (χ0n) is 16.4. The third-order valence-corrected chi connectivity index (χ3v) is 4.13.